The fourth-order valence-corrected chi connectivity index (χ4v) is 1.65. The third kappa shape index (κ3) is 1.98. The van der Waals surface area contributed by atoms with Gasteiger partial charge in [0.1, 0.15) is 6.20 Å². The number of nitrogens with one attached hydrogen (secondary N) is 1. The Balaban J connectivity index is 2.55. The normalized spacial score (nSPS) is 10.3. The number of H-pyrrole nitrogens is 1. The van der Waals surface area contributed by atoms with Crippen LogP contribution >= 0.6 is 11.8 Å². The lowest BCUT2D eigenvalue weighted by Gasteiger charge is -1.90. The maximum absolute atomic E-state index is 11.6. The van der Waals surface area contributed by atoms with E-state index in [1.165, 1.54) is 11.8 Å². The number of terminal acetylenes is 1. The van der Waals surface area contributed by atoms with Gasteiger partial charge in [-0.3, -0.25) is 20.0 Å². The lowest BCUT2D eigenvalue weighted by molar-refractivity contribution is -0.386. The van der Waals surface area contributed by atoms with Crippen LogP contribution in [0.1, 0.15) is 0 Å². The zero-order valence-corrected chi connectivity index (χ0v) is 9.10. The van der Waals surface area contributed by atoms with Gasteiger partial charge in [-0.05, 0) is 0 Å². The van der Waals surface area contributed by atoms with E-state index in [2.05, 4.69) is 21.0 Å². The number of aromatic amines is 1. The average Bonchev–Trinajstić information content (AvgIpc) is 2.70. The summed E-state index contributed by atoms with van der Waals surface area (Å²) in [5.41, 5.74) is -1.42. The van der Waals surface area contributed by atoms with Crippen LogP contribution in [-0.4, -0.2) is 30.3 Å². The molecule has 2 aromatic rings. The van der Waals surface area contributed by atoms with E-state index in [0.29, 0.717) is 10.9 Å². The fraction of sp³-hybridized carbons (Fsp3) is 0.125. The lowest BCUT2D eigenvalue weighted by Crippen LogP contribution is -2.18. The molecule has 2 aromatic heterocycles. The Labute approximate surface area is 98.2 Å². The van der Waals surface area contributed by atoms with Crippen LogP contribution in [0, 0.1) is 22.5 Å². The highest BCUT2D eigenvalue weighted by Gasteiger charge is 2.17. The van der Waals surface area contributed by atoms with Gasteiger partial charge in [0.2, 0.25) is 0 Å². The van der Waals surface area contributed by atoms with Crippen LogP contribution in [0.4, 0.5) is 5.69 Å². The van der Waals surface area contributed by atoms with Crippen LogP contribution in [0.2, 0.25) is 0 Å². The van der Waals surface area contributed by atoms with E-state index < -0.39 is 16.2 Å². The fourth-order valence-electron chi connectivity index (χ4n) is 1.13. The van der Waals surface area contributed by atoms with Crippen LogP contribution < -0.4 is 5.56 Å². The van der Waals surface area contributed by atoms with E-state index in [1.807, 2.05) is 0 Å². The second-order valence-electron chi connectivity index (χ2n) is 2.86. The molecule has 2 rings (SSSR count). The third-order valence-corrected chi connectivity index (χ3v) is 2.59. The molecule has 9 heteroatoms. The minimum Gasteiger partial charge on any atom is -0.266 e. The number of rotatable bonds is 3. The second-order valence-corrected chi connectivity index (χ2v) is 3.83. The summed E-state index contributed by atoms with van der Waals surface area (Å²) in [7, 11) is 0. The maximum Gasteiger partial charge on any atom is 0.354 e. The van der Waals surface area contributed by atoms with Gasteiger partial charge >= 0.3 is 11.2 Å². The molecule has 0 amide bonds. The van der Waals surface area contributed by atoms with Gasteiger partial charge in [-0.2, -0.15) is 9.50 Å². The van der Waals surface area contributed by atoms with Gasteiger partial charge in [0, 0.05) is 0 Å². The smallest absolute Gasteiger partial charge is 0.266 e. The number of hydrogen-bond donors (Lipinski definition) is 1. The largest absolute Gasteiger partial charge is 0.354 e. The molecule has 0 unspecified atom stereocenters. The molecule has 0 aromatic carbocycles. The topological polar surface area (TPSA) is 106 Å². The van der Waals surface area contributed by atoms with E-state index in [9.17, 15) is 14.9 Å². The predicted octanol–water partition coefficient (Wildman–Crippen LogP) is 0.0511. The molecule has 0 radical (unpaired) electrons. The lowest BCUT2D eigenvalue weighted by atomic mass is 10.5. The molecule has 0 bridgehead atoms. The van der Waals surface area contributed by atoms with Crippen molar-refractivity contribution in [2.75, 3.05) is 5.75 Å². The highest BCUT2D eigenvalue weighted by molar-refractivity contribution is 7.99. The van der Waals surface area contributed by atoms with E-state index in [-0.39, 0.29) is 5.78 Å². The first-order chi connectivity index (χ1) is 8.13. The zero-order valence-electron chi connectivity index (χ0n) is 8.28. The number of nitrogens with zero attached hydrogens (tertiary/aromatic N) is 4. The molecule has 8 nitrogen and oxygen atoms in total. The minimum absolute atomic E-state index is 0.0696. The Morgan fingerprint density at radius 1 is 1.71 bits per heavy atom. The van der Waals surface area contributed by atoms with E-state index in [0.717, 1.165) is 10.7 Å². The van der Waals surface area contributed by atoms with Crippen molar-refractivity contribution in [3.8, 4) is 12.3 Å². The monoisotopic (exact) mass is 251 g/mol. The number of thioether (sulfide) groups is 1. The Hall–Kier alpha value is -2.34. The van der Waals surface area contributed by atoms with Gasteiger partial charge in [0.25, 0.3) is 5.78 Å². The summed E-state index contributed by atoms with van der Waals surface area (Å²) in [5.74, 6) is 2.83. The second kappa shape index (κ2) is 4.26. The van der Waals surface area contributed by atoms with Crippen LogP contribution in [0.5, 0.6) is 0 Å². The standard InChI is InChI=1S/C8H5N5O3S/c1-2-3-17-8-10-7-9-4-5(13(15)16)6(14)12(7)11-8/h1,4H,3H2,(H,9,10,11). The van der Waals surface area contributed by atoms with Crippen molar-refractivity contribution in [3.05, 3.63) is 26.7 Å². The molecule has 2 heterocycles. The highest BCUT2D eigenvalue weighted by atomic mass is 32.2. The van der Waals surface area contributed by atoms with E-state index >= 15 is 0 Å². The van der Waals surface area contributed by atoms with Crippen molar-refractivity contribution in [2.24, 2.45) is 0 Å². The Morgan fingerprint density at radius 2 is 2.47 bits per heavy atom. The number of fused-ring (bicyclic) bond motifs is 1. The number of aromatic nitrogens is 4. The van der Waals surface area contributed by atoms with Crippen molar-refractivity contribution >= 4 is 23.2 Å². The van der Waals surface area contributed by atoms with Gasteiger partial charge in [0.15, 0.2) is 5.16 Å². The minimum atomic E-state index is -0.806. The maximum atomic E-state index is 11.6. The molecule has 17 heavy (non-hydrogen) atoms. The zero-order chi connectivity index (χ0) is 12.4. The summed E-state index contributed by atoms with van der Waals surface area (Å²) >= 11 is 1.20. The Kier molecular flexibility index (Phi) is 2.80. The van der Waals surface area contributed by atoms with E-state index in [4.69, 9.17) is 6.42 Å². The van der Waals surface area contributed by atoms with Crippen molar-refractivity contribution in [2.45, 2.75) is 5.16 Å². The van der Waals surface area contributed by atoms with Crippen LogP contribution in [0.15, 0.2) is 16.1 Å². The van der Waals surface area contributed by atoms with E-state index in [1.54, 1.807) is 0 Å². The summed E-state index contributed by atoms with van der Waals surface area (Å²) in [6, 6.07) is 0. The Morgan fingerprint density at radius 3 is 3.12 bits per heavy atom. The molecule has 86 valence electrons. The molecule has 0 aliphatic rings. The summed E-state index contributed by atoms with van der Waals surface area (Å²) < 4.78 is 0.914. The molecular formula is C8H5N5O3S. The molecule has 0 spiro atoms. The summed E-state index contributed by atoms with van der Waals surface area (Å²) in [6.07, 6.45) is 5.96. The van der Waals surface area contributed by atoms with Crippen molar-refractivity contribution in [1.82, 2.24) is 19.6 Å². The van der Waals surface area contributed by atoms with Gasteiger partial charge < -0.3 is 0 Å². The first-order valence-electron chi connectivity index (χ1n) is 4.32. The van der Waals surface area contributed by atoms with Gasteiger partial charge in [-0.15, -0.1) is 6.42 Å². The molecule has 1 N–H and O–H groups in total. The van der Waals surface area contributed by atoms with Crippen molar-refractivity contribution in [3.63, 3.8) is 0 Å². The predicted molar refractivity (Wildman–Crippen MR) is 59.8 cm³/mol. The highest BCUT2D eigenvalue weighted by Crippen LogP contribution is 2.12. The average molecular weight is 251 g/mol. The summed E-state index contributed by atoms with van der Waals surface area (Å²) in [4.78, 5) is 29.0. The molecular weight excluding hydrogens is 246 g/mol. The third-order valence-electron chi connectivity index (χ3n) is 1.82. The van der Waals surface area contributed by atoms with Crippen molar-refractivity contribution in [1.29, 1.82) is 0 Å². The van der Waals surface area contributed by atoms with Crippen molar-refractivity contribution < 1.29 is 4.92 Å². The Bertz CT molecular complexity index is 683. The first kappa shape index (κ1) is 11.2. The molecule has 0 aliphatic heterocycles. The summed E-state index contributed by atoms with van der Waals surface area (Å²) in [5, 5.41) is 13.5. The molecule has 0 aliphatic carbocycles. The molecule has 0 atom stereocenters. The molecule has 0 fully saturated rings. The molecule has 0 saturated carbocycles. The number of hydrogen-bond acceptors (Lipinski definition) is 6. The van der Waals surface area contributed by atoms with Gasteiger partial charge in [-0.25, -0.2) is 4.98 Å². The molecule has 0 saturated heterocycles. The van der Waals surface area contributed by atoms with Crippen LogP contribution in [0.25, 0.3) is 5.78 Å². The van der Waals surface area contributed by atoms with Crippen LogP contribution in [0.3, 0.4) is 0 Å². The first-order valence-corrected chi connectivity index (χ1v) is 5.30. The van der Waals surface area contributed by atoms with Gasteiger partial charge in [-0.1, -0.05) is 17.7 Å². The number of nitro groups is 1. The summed E-state index contributed by atoms with van der Waals surface area (Å²) in [6.45, 7) is 0. The quantitative estimate of drug-likeness (QED) is 0.357. The SMILES string of the molecule is C#CCSc1nc2ncc([N+](=O)[O-])c(=O)n2[nH]1. The van der Waals surface area contributed by atoms with Crippen LogP contribution in [-0.2, 0) is 0 Å². The van der Waals surface area contributed by atoms with Gasteiger partial charge in [0.05, 0.1) is 10.7 Å².